The highest BCUT2D eigenvalue weighted by Gasteiger charge is 2.28. The number of benzene rings is 1. The quantitative estimate of drug-likeness (QED) is 0.834. The molecule has 2 rings (SSSR count). The number of carbonyl (C=O) groups excluding carboxylic acids is 1. The van der Waals surface area contributed by atoms with E-state index in [1.807, 2.05) is 0 Å². The molecule has 20 heavy (non-hydrogen) atoms. The molecule has 1 aliphatic rings. The lowest BCUT2D eigenvalue weighted by Gasteiger charge is -2.33. The molecule has 0 N–H and O–H groups in total. The fourth-order valence-corrected chi connectivity index (χ4v) is 3.24. The third-order valence-electron chi connectivity index (χ3n) is 3.36. The molecule has 0 aliphatic carbocycles. The highest BCUT2D eigenvalue weighted by Crippen LogP contribution is 2.12. The molecule has 1 amide bonds. The molecular weight excluding hydrogens is 283 g/mol. The van der Waals surface area contributed by atoms with E-state index in [1.54, 1.807) is 17.9 Å². The molecule has 1 aliphatic heterocycles. The van der Waals surface area contributed by atoms with Crippen molar-refractivity contribution < 1.29 is 17.6 Å². The molecule has 1 heterocycles. The highest BCUT2D eigenvalue weighted by molar-refractivity contribution is 7.89. The second-order valence-corrected chi connectivity index (χ2v) is 6.86. The van der Waals surface area contributed by atoms with Gasteiger partial charge in [0.05, 0.1) is 5.75 Å². The van der Waals surface area contributed by atoms with Crippen molar-refractivity contribution in [1.82, 2.24) is 9.21 Å². The van der Waals surface area contributed by atoms with Crippen molar-refractivity contribution in [3.63, 3.8) is 0 Å². The van der Waals surface area contributed by atoms with Crippen LogP contribution < -0.4 is 0 Å². The van der Waals surface area contributed by atoms with Crippen LogP contribution in [0.25, 0.3) is 0 Å². The summed E-state index contributed by atoms with van der Waals surface area (Å²) in [5.74, 6) is -0.661. The van der Waals surface area contributed by atoms with Gasteiger partial charge in [-0.2, -0.15) is 4.31 Å². The van der Waals surface area contributed by atoms with Crippen molar-refractivity contribution in [2.24, 2.45) is 0 Å². The molecule has 1 aromatic rings. The Balaban J connectivity index is 2.02. The molecular formula is C13H17FN2O3S. The van der Waals surface area contributed by atoms with E-state index in [4.69, 9.17) is 0 Å². The minimum absolute atomic E-state index is 0.0604. The average molecular weight is 300 g/mol. The summed E-state index contributed by atoms with van der Waals surface area (Å²) in [4.78, 5) is 13.7. The molecule has 0 saturated carbocycles. The molecule has 0 unspecified atom stereocenters. The van der Waals surface area contributed by atoms with E-state index in [0.717, 1.165) is 0 Å². The van der Waals surface area contributed by atoms with Gasteiger partial charge in [0.25, 0.3) is 5.91 Å². The second kappa shape index (κ2) is 5.88. The van der Waals surface area contributed by atoms with E-state index in [9.17, 15) is 17.6 Å². The first kappa shape index (κ1) is 14.9. The minimum atomic E-state index is -3.21. The molecule has 0 bridgehead atoms. The minimum Gasteiger partial charge on any atom is -0.336 e. The summed E-state index contributed by atoms with van der Waals surface area (Å²) < 4.78 is 37.9. The number of hydrogen-bond donors (Lipinski definition) is 0. The third-order valence-corrected chi connectivity index (χ3v) is 5.24. The molecule has 0 atom stereocenters. The Kier molecular flexibility index (Phi) is 4.39. The zero-order valence-corrected chi connectivity index (χ0v) is 12.1. The molecule has 0 aromatic heterocycles. The predicted molar refractivity (Wildman–Crippen MR) is 73.3 cm³/mol. The van der Waals surface area contributed by atoms with Gasteiger partial charge >= 0.3 is 0 Å². The topological polar surface area (TPSA) is 57.7 Å². The average Bonchev–Trinajstić information content (AvgIpc) is 2.46. The van der Waals surface area contributed by atoms with Crippen molar-refractivity contribution in [2.75, 3.05) is 31.9 Å². The van der Waals surface area contributed by atoms with Crippen LogP contribution in [-0.4, -0.2) is 55.5 Å². The predicted octanol–water partition coefficient (Wildman–Crippen LogP) is 0.933. The van der Waals surface area contributed by atoms with Gasteiger partial charge in [-0.05, 0) is 25.1 Å². The lowest BCUT2D eigenvalue weighted by Crippen LogP contribution is -2.50. The van der Waals surface area contributed by atoms with Crippen LogP contribution in [0.5, 0.6) is 0 Å². The maximum absolute atomic E-state index is 13.1. The number of rotatable bonds is 3. The van der Waals surface area contributed by atoms with E-state index >= 15 is 0 Å². The summed E-state index contributed by atoms with van der Waals surface area (Å²) in [6, 6.07) is 5.51. The lowest BCUT2D eigenvalue weighted by molar-refractivity contribution is 0.0697. The zero-order chi connectivity index (χ0) is 14.8. The summed E-state index contributed by atoms with van der Waals surface area (Å²) in [6.07, 6.45) is 0. The van der Waals surface area contributed by atoms with Gasteiger partial charge < -0.3 is 4.90 Å². The smallest absolute Gasteiger partial charge is 0.254 e. The van der Waals surface area contributed by atoms with Crippen molar-refractivity contribution >= 4 is 15.9 Å². The van der Waals surface area contributed by atoms with Crippen LogP contribution in [0.4, 0.5) is 4.39 Å². The van der Waals surface area contributed by atoms with Gasteiger partial charge in [0, 0.05) is 31.7 Å². The Labute approximate surface area is 118 Å². The van der Waals surface area contributed by atoms with E-state index < -0.39 is 15.8 Å². The monoisotopic (exact) mass is 300 g/mol. The van der Waals surface area contributed by atoms with Crippen LogP contribution in [0.2, 0.25) is 0 Å². The van der Waals surface area contributed by atoms with Crippen LogP contribution >= 0.6 is 0 Å². The summed E-state index contributed by atoms with van der Waals surface area (Å²) >= 11 is 0. The Hall–Kier alpha value is -1.47. The first-order chi connectivity index (χ1) is 9.44. The maximum Gasteiger partial charge on any atom is 0.254 e. The zero-order valence-electron chi connectivity index (χ0n) is 11.3. The largest absolute Gasteiger partial charge is 0.336 e. The Morgan fingerprint density at radius 2 is 1.90 bits per heavy atom. The van der Waals surface area contributed by atoms with Gasteiger partial charge in [-0.1, -0.05) is 6.07 Å². The first-order valence-electron chi connectivity index (χ1n) is 6.46. The Morgan fingerprint density at radius 3 is 2.45 bits per heavy atom. The Bertz CT molecular complexity index is 595. The standard InChI is InChI=1S/C13H17FN2O3S/c1-2-20(18,19)16-8-6-15(7-9-16)13(17)11-4-3-5-12(14)10-11/h3-5,10H,2,6-9H2,1H3. The van der Waals surface area contributed by atoms with Gasteiger partial charge in [-0.15, -0.1) is 0 Å². The van der Waals surface area contributed by atoms with Crippen molar-refractivity contribution in [3.8, 4) is 0 Å². The summed E-state index contributed by atoms with van der Waals surface area (Å²) in [5.41, 5.74) is 0.289. The number of amides is 1. The van der Waals surface area contributed by atoms with Gasteiger partial charge in [0.1, 0.15) is 5.82 Å². The fraction of sp³-hybridized carbons (Fsp3) is 0.462. The van der Waals surface area contributed by atoms with Crippen molar-refractivity contribution in [1.29, 1.82) is 0 Å². The molecule has 1 fully saturated rings. The number of carbonyl (C=O) groups is 1. The van der Waals surface area contributed by atoms with Crippen LogP contribution in [0.15, 0.2) is 24.3 Å². The molecule has 5 nitrogen and oxygen atoms in total. The van der Waals surface area contributed by atoms with Gasteiger partial charge in [0.15, 0.2) is 0 Å². The lowest BCUT2D eigenvalue weighted by atomic mass is 10.2. The highest BCUT2D eigenvalue weighted by atomic mass is 32.2. The third kappa shape index (κ3) is 3.16. The summed E-state index contributed by atoms with van der Waals surface area (Å²) in [5, 5.41) is 0. The molecule has 0 spiro atoms. The molecule has 1 aromatic carbocycles. The van der Waals surface area contributed by atoms with E-state index in [0.29, 0.717) is 13.1 Å². The van der Waals surface area contributed by atoms with Crippen LogP contribution in [0.1, 0.15) is 17.3 Å². The number of nitrogens with zero attached hydrogens (tertiary/aromatic N) is 2. The molecule has 7 heteroatoms. The summed E-state index contributed by atoms with van der Waals surface area (Å²) in [6.45, 7) is 2.83. The number of piperazine rings is 1. The number of halogens is 1. The van der Waals surface area contributed by atoms with Crippen LogP contribution in [0.3, 0.4) is 0 Å². The van der Waals surface area contributed by atoms with E-state index in [-0.39, 0.29) is 30.3 Å². The van der Waals surface area contributed by atoms with Crippen LogP contribution in [-0.2, 0) is 10.0 Å². The van der Waals surface area contributed by atoms with Gasteiger partial charge in [0.2, 0.25) is 10.0 Å². The number of sulfonamides is 1. The first-order valence-corrected chi connectivity index (χ1v) is 8.07. The van der Waals surface area contributed by atoms with Gasteiger partial charge in [-0.25, -0.2) is 12.8 Å². The molecule has 0 radical (unpaired) electrons. The van der Waals surface area contributed by atoms with Gasteiger partial charge in [-0.3, -0.25) is 4.79 Å². The van der Waals surface area contributed by atoms with Crippen molar-refractivity contribution in [2.45, 2.75) is 6.92 Å². The number of hydrogen-bond acceptors (Lipinski definition) is 3. The van der Waals surface area contributed by atoms with Crippen LogP contribution in [0, 0.1) is 5.82 Å². The Morgan fingerprint density at radius 1 is 1.25 bits per heavy atom. The molecule has 1 saturated heterocycles. The van der Waals surface area contributed by atoms with E-state index in [1.165, 1.54) is 22.5 Å². The van der Waals surface area contributed by atoms with E-state index in [2.05, 4.69) is 0 Å². The maximum atomic E-state index is 13.1. The second-order valence-electron chi connectivity index (χ2n) is 4.60. The normalized spacial score (nSPS) is 17.2. The fourth-order valence-electron chi connectivity index (χ4n) is 2.16. The summed E-state index contributed by atoms with van der Waals surface area (Å²) in [7, 11) is -3.21. The van der Waals surface area contributed by atoms with Crippen molar-refractivity contribution in [3.05, 3.63) is 35.6 Å². The molecule has 110 valence electrons. The SMILES string of the molecule is CCS(=O)(=O)N1CCN(C(=O)c2cccc(F)c2)CC1.